The van der Waals surface area contributed by atoms with E-state index in [2.05, 4.69) is 0 Å². The Kier molecular flexibility index (Phi) is 2.28. The molecule has 2 N–H and O–H groups in total. The first kappa shape index (κ1) is 10.8. The summed E-state index contributed by atoms with van der Waals surface area (Å²) in [5.41, 5.74) is -0.607. The highest BCUT2D eigenvalue weighted by Crippen LogP contribution is 2.50. The van der Waals surface area contributed by atoms with Gasteiger partial charge in [0.25, 0.3) is 0 Å². The Labute approximate surface area is 89.8 Å². The highest BCUT2D eigenvalue weighted by Gasteiger charge is 2.50. The molecule has 15 heavy (non-hydrogen) atoms. The Hall–Kier alpha value is -0.670. The molecule has 0 heterocycles. The van der Waals surface area contributed by atoms with Crippen LogP contribution < -0.4 is 0 Å². The topological polar surface area (TPSA) is 57.5 Å². The van der Waals surface area contributed by atoms with Crippen LogP contribution in [0.2, 0.25) is 0 Å². The molecule has 0 aromatic rings. The Bertz CT molecular complexity index is 330. The predicted molar refractivity (Wildman–Crippen MR) is 56.3 cm³/mol. The van der Waals surface area contributed by atoms with Gasteiger partial charge in [-0.2, -0.15) is 0 Å². The lowest BCUT2D eigenvalue weighted by molar-refractivity contribution is -0.118. The van der Waals surface area contributed by atoms with E-state index in [0.717, 1.165) is 5.57 Å². The Morgan fingerprint density at radius 1 is 1.40 bits per heavy atom. The quantitative estimate of drug-likeness (QED) is 0.631. The van der Waals surface area contributed by atoms with Crippen LogP contribution in [0.1, 0.15) is 39.5 Å². The van der Waals surface area contributed by atoms with Crippen LogP contribution in [0.4, 0.5) is 0 Å². The zero-order chi connectivity index (χ0) is 11.3. The van der Waals surface area contributed by atoms with Gasteiger partial charge in [-0.15, -0.1) is 0 Å². The van der Waals surface area contributed by atoms with Crippen molar-refractivity contribution in [3.8, 4) is 0 Å². The van der Waals surface area contributed by atoms with E-state index in [9.17, 15) is 15.0 Å². The lowest BCUT2D eigenvalue weighted by Crippen LogP contribution is -2.50. The van der Waals surface area contributed by atoms with E-state index in [1.54, 1.807) is 13.0 Å². The number of hydrogen-bond donors (Lipinski definition) is 2. The van der Waals surface area contributed by atoms with Crippen LogP contribution in [0.25, 0.3) is 0 Å². The summed E-state index contributed by atoms with van der Waals surface area (Å²) in [4.78, 5) is 11.4. The number of rotatable bonds is 0. The summed E-state index contributed by atoms with van der Waals surface area (Å²) in [5.74, 6) is 0.0665. The van der Waals surface area contributed by atoms with Gasteiger partial charge in [0.05, 0.1) is 11.7 Å². The van der Waals surface area contributed by atoms with Crippen LogP contribution in [0.3, 0.4) is 0 Å². The van der Waals surface area contributed by atoms with Gasteiger partial charge in [0.2, 0.25) is 0 Å². The minimum Gasteiger partial charge on any atom is -0.392 e. The third-order valence-electron chi connectivity index (χ3n) is 4.03. The molecule has 2 rings (SSSR count). The number of aliphatic hydroxyl groups is 2. The van der Waals surface area contributed by atoms with E-state index < -0.39 is 17.1 Å². The predicted octanol–water partition coefficient (Wildman–Crippen LogP) is 1.19. The first-order chi connectivity index (χ1) is 6.86. The van der Waals surface area contributed by atoms with Crippen molar-refractivity contribution in [1.29, 1.82) is 0 Å². The van der Waals surface area contributed by atoms with E-state index in [1.807, 2.05) is 6.92 Å². The smallest absolute Gasteiger partial charge is 0.155 e. The summed E-state index contributed by atoms with van der Waals surface area (Å²) < 4.78 is 0. The fraction of sp³-hybridized carbons (Fsp3) is 0.750. The second-order valence-electron chi connectivity index (χ2n) is 5.27. The molecule has 0 aliphatic heterocycles. The molecule has 0 spiro atoms. The summed E-state index contributed by atoms with van der Waals surface area (Å²) in [6.45, 7) is 3.69. The molecule has 0 radical (unpaired) electrons. The Balaban J connectivity index is 2.48. The molecule has 0 bridgehead atoms. The fourth-order valence-electron chi connectivity index (χ4n) is 2.90. The van der Waals surface area contributed by atoms with Crippen molar-refractivity contribution in [2.24, 2.45) is 5.41 Å². The standard InChI is InChI=1S/C12H18O3/c1-11-5-3-8(13)7-9(11)12(2,15)6-4-10(11)14/h7,10,14-15H,3-6H2,1-2H3/t10-,11-,12-/m1/s1. The number of aliphatic hydroxyl groups excluding tert-OH is 1. The molecular weight excluding hydrogens is 192 g/mol. The number of fused-ring (bicyclic) bond motifs is 1. The van der Waals surface area contributed by atoms with Crippen molar-refractivity contribution < 1.29 is 15.0 Å². The van der Waals surface area contributed by atoms with E-state index >= 15 is 0 Å². The molecule has 0 saturated heterocycles. The zero-order valence-corrected chi connectivity index (χ0v) is 9.29. The Morgan fingerprint density at radius 2 is 2.07 bits per heavy atom. The highest BCUT2D eigenvalue weighted by molar-refractivity contribution is 5.92. The molecule has 1 saturated carbocycles. The van der Waals surface area contributed by atoms with Crippen molar-refractivity contribution in [2.75, 3.05) is 0 Å². The maximum Gasteiger partial charge on any atom is 0.155 e. The fourth-order valence-corrected chi connectivity index (χ4v) is 2.90. The summed E-state index contributed by atoms with van der Waals surface area (Å²) >= 11 is 0. The lowest BCUT2D eigenvalue weighted by atomic mass is 9.59. The molecule has 0 unspecified atom stereocenters. The molecule has 2 aliphatic rings. The average molecular weight is 210 g/mol. The van der Waals surface area contributed by atoms with Crippen LogP contribution in [-0.2, 0) is 4.79 Å². The third-order valence-corrected chi connectivity index (χ3v) is 4.03. The molecule has 3 atom stereocenters. The third kappa shape index (κ3) is 1.54. The van der Waals surface area contributed by atoms with Gasteiger partial charge in [-0.25, -0.2) is 0 Å². The van der Waals surface area contributed by atoms with Crippen LogP contribution in [0.15, 0.2) is 11.6 Å². The SMILES string of the molecule is C[C@@]1(O)CC[C@@H](O)[C@]2(C)CCC(=O)C=C12. The van der Waals surface area contributed by atoms with Gasteiger partial charge in [-0.1, -0.05) is 6.92 Å². The molecule has 3 nitrogen and oxygen atoms in total. The monoisotopic (exact) mass is 210 g/mol. The van der Waals surface area contributed by atoms with Crippen molar-refractivity contribution in [2.45, 2.75) is 51.2 Å². The zero-order valence-electron chi connectivity index (χ0n) is 9.29. The van der Waals surface area contributed by atoms with Crippen LogP contribution in [0, 0.1) is 5.41 Å². The van der Waals surface area contributed by atoms with Crippen molar-refractivity contribution in [3.63, 3.8) is 0 Å². The molecule has 2 aliphatic carbocycles. The minimum atomic E-state index is -0.927. The summed E-state index contributed by atoms with van der Waals surface area (Å²) in [6.07, 6.45) is 3.38. The maximum absolute atomic E-state index is 11.4. The van der Waals surface area contributed by atoms with E-state index in [4.69, 9.17) is 0 Å². The number of carbonyl (C=O) groups excluding carboxylic acids is 1. The van der Waals surface area contributed by atoms with Crippen molar-refractivity contribution in [1.82, 2.24) is 0 Å². The van der Waals surface area contributed by atoms with Crippen LogP contribution in [0.5, 0.6) is 0 Å². The largest absolute Gasteiger partial charge is 0.392 e. The van der Waals surface area contributed by atoms with Crippen LogP contribution in [-0.4, -0.2) is 27.7 Å². The van der Waals surface area contributed by atoms with Gasteiger partial charge in [-0.05, 0) is 37.8 Å². The van der Waals surface area contributed by atoms with Gasteiger partial charge in [0.15, 0.2) is 5.78 Å². The second-order valence-corrected chi connectivity index (χ2v) is 5.27. The van der Waals surface area contributed by atoms with Gasteiger partial charge in [-0.3, -0.25) is 4.79 Å². The number of carbonyl (C=O) groups is 1. The summed E-state index contributed by atoms with van der Waals surface area (Å²) in [6, 6.07) is 0. The maximum atomic E-state index is 11.4. The van der Waals surface area contributed by atoms with Gasteiger partial charge < -0.3 is 10.2 Å². The number of hydrogen-bond acceptors (Lipinski definition) is 3. The first-order valence-corrected chi connectivity index (χ1v) is 5.52. The van der Waals surface area contributed by atoms with E-state index in [-0.39, 0.29) is 5.78 Å². The Morgan fingerprint density at radius 3 is 2.73 bits per heavy atom. The van der Waals surface area contributed by atoms with Crippen LogP contribution >= 0.6 is 0 Å². The molecule has 0 aromatic heterocycles. The average Bonchev–Trinajstić information content (AvgIpc) is 2.16. The molecule has 84 valence electrons. The molecule has 0 amide bonds. The highest BCUT2D eigenvalue weighted by atomic mass is 16.3. The van der Waals surface area contributed by atoms with Gasteiger partial charge in [0, 0.05) is 11.8 Å². The molecule has 3 heteroatoms. The second kappa shape index (κ2) is 3.16. The molecular formula is C12H18O3. The summed E-state index contributed by atoms with van der Waals surface area (Å²) in [7, 11) is 0. The lowest BCUT2D eigenvalue weighted by Gasteiger charge is -2.49. The van der Waals surface area contributed by atoms with Crippen molar-refractivity contribution in [3.05, 3.63) is 11.6 Å². The minimum absolute atomic E-state index is 0.0665. The number of ketones is 1. The van der Waals surface area contributed by atoms with Crippen molar-refractivity contribution >= 4 is 5.78 Å². The summed E-state index contributed by atoms with van der Waals surface area (Å²) in [5, 5.41) is 20.3. The van der Waals surface area contributed by atoms with E-state index in [1.165, 1.54) is 0 Å². The number of allylic oxidation sites excluding steroid dienone is 1. The molecule has 1 fully saturated rings. The molecule has 0 aromatic carbocycles. The normalized spacial score (nSPS) is 46.0. The van der Waals surface area contributed by atoms with Gasteiger partial charge >= 0.3 is 0 Å². The van der Waals surface area contributed by atoms with Gasteiger partial charge in [0.1, 0.15) is 0 Å². The first-order valence-electron chi connectivity index (χ1n) is 5.52. The van der Waals surface area contributed by atoms with E-state index in [0.29, 0.717) is 25.7 Å².